The van der Waals surface area contributed by atoms with Crippen molar-refractivity contribution in [3.63, 3.8) is 0 Å². The molecule has 14 heavy (non-hydrogen) atoms. The fourth-order valence-electron chi connectivity index (χ4n) is 1.59. The maximum Gasteiger partial charge on any atom is 0.237 e. The molecule has 1 aliphatic rings. The first-order chi connectivity index (χ1) is 6.57. The molecule has 1 saturated carbocycles. The van der Waals surface area contributed by atoms with Crippen molar-refractivity contribution in [1.82, 2.24) is 5.32 Å². The lowest BCUT2D eigenvalue weighted by Crippen LogP contribution is -2.51. The summed E-state index contributed by atoms with van der Waals surface area (Å²) < 4.78 is 0. The quantitative estimate of drug-likeness (QED) is 0.591. The van der Waals surface area contributed by atoms with Gasteiger partial charge in [0.05, 0.1) is 11.6 Å². The normalized spacial score (nSPS) is 21.1. The zero-order valence-electron chi connectivity index (χ0n) is 8.75. The topological polar surface area (TPSA) is 75.4 Å². The highest BCUT2D eigenvalue weighted by molar-refractivity contribution is 5.81. The van der Waals surface area contributed by atoms with Crippen molar-refractivity contribution in [2.75, 3.05) is 6.54 Å². The summed E-state index contributed by atoms with van der Waals surface area (Å²) in [6.45, 7) is 2.34. The third-order valence-electron chi connectivity index (χ3n) is 2.81. The van der Waals surface area contributed by atoms with E-state index in [2.05, 4.69) is 5.32 Å². The average Bonchev–Trinajstić information content (AvgIpc) is 2.11. The first-order valence-corrected chi connectivity index (χ1v) is 5.33. The van der Waals surface area contributed by atoms with Gasteiger partial charge in [-0.1, -0.05) is 13.3 Å². The standard InChI is InChI=1S/C10H20N2O2/c1-2-4-8(11)9(13)12-7-10(14)5-3-6-10/h8,14H,2-7,11H2,1H3,(H,12,13). The number of hydrogen-bond donors (Lipinski definition) is 3. The van der Waals surface area contributed by atoms with Crippen LogP contribution in [0.1, 0.15) is 39.0 Å². The van der Waals surface area contributed by atoms with Crippen LogP contribution in [0.15, 0.2) is 0 Å². The first kappa shape index (κ1) is 11.5. The molecule has 1 rings (SSSR count). The van der Waals surface area contributed by atoms with Gasteiger partial charge in [0.15, 0.2) is 0 Å². The fraction of sp³-hybridized carbons (Fsp3) is 0.900. The minimum atomic E-state index is -0.651. The van der Waals surface area contributed by atoms with Gasteiger partial charge in [-0.25, -0.2) is 0 Å². The summed E-state index contributed by atoms with van der Waals surface area (Å²) in [7, 11) is 0. The Morgan fingerprint density at radius 3 is 2.71 bits per heavy atom. The second-order valence-corrected chi connectivity index (χ2v) is 4.19. The van der Waals surface area contributed by atoms with Crippen molar-refractivity contribution in [2.45, 2.75) is 50.7 Å². The summed E-state index contributed by atoms with van der Waals surface area (Å²) in [5, 5.41) is 12.4. The second-order valence-electron chi connectivity index (χ2n) is 4.19. The molecule has 1 amide bonds. The van der Waals surface area contributed by atoms with Crippen molar-refractivity contribution < 1.29 is 9.90 Å². The molecule has 4 N–H and O–H groups in total. The molecule has 82 valence electrons. The van der Waals surface area contributed by atoms with E-state index in [-0.39, 0.29) is 5.91 Å². The molecular weight excluding hydrogens is 180 g/mol. The maximum atomic E-state index is 11.4. The average molecular weight is 200 g/mol. The molecule has 1 fully saturated rings. The van der Waals surface area contributed by atoms with Gasteiger partial charge < -0.3 is 16.2 Å². The molecule has 0 saturated heterocycles. The first-order valence-electron chi connectivity index (χ1n) is 5.33. The summed E-state index contributed by atoms with van der Waals surface area (Å²) in [5.41, 5.74) is 4.97. The number of aliphatic hydroxyl groups is 1. The predicted molar refractivity (Wildman–Crippen MR) is 54.7 cm³/mol. The minimum absolute atomic E-state index is 0.146. The molecule has 0 aromatic heterocycles. The molecule has 4 heteroatoms. The lowest BCUT2D eigenvalue weighted by molar-refractivity contribution is -0.124. The van der Waals surface area contributed by atoms with Crippen LogP contribution in [-0.2, 0) is 4.79 Å². The maximum absolute atomic E-state index is 11.4. The number of amides is 1. The van der Waals surface area contributed by atoms with Gasteiger partial charge in [0, 0.05) is 6.54 Å². The summed E-state index contributed by atoms with van der Waals surface area (Å²) in [6.07, 6.45) is 4.23. The highest BCUT2D eigenvalue weighted by Gasteiger charge is 2.34. The van der Waals surface area contributed by atoms with Crippen LogP contribution in [0.4, 0.5) is 0 Å². The lowest BCUT2D eigenvalue weighted by atomic mass is 9.80. The van der Waals surface area contributed by atoms with Gasteiger partial charge in [0.1, 0.15) is 0 Å². The predicted octanol–water partition coefficient (Wildman–Crippen LogP) is 0.145. The van der Waals surface area contributed by atoms with Crippen molar-refractivity contribution in [1.29, 1.82) is 0 Å². The van der Waals surface area contributed by atoms with Gasteiger partial charge in [-0.2, -0.15) is 0 Å². The number of carbonyl (C=O) groups excluding carboxylic acids is 1. The molecule has 0 radical (unpaired) electrons. The smallest absolute Gasteiger partial charge is 0.237 e. The molecule has 0 aliphatic heterocycles. The van der Waals surface area contributed by atoms with E-state index in [9.17, 15) is 9.90 Å². The Kier molecular flexibility index (Phi) is 3.89. The van der Waals surface area contributed by atoms with E-state index >= 15 is 0 Å². The number of rotatable bonds is 5. The molecule has 4 nitrogen and oxygen atoms in total. The minimum Gasteiger partial charge on any atom is -0.388 e. The van der Waals surface area contributed by atoms with Crippen LogP contribution in [-0.4, -0.2) is 29.2 Å². The van der Waals surface area contributed by atoms with Gasteiger partial charge in [-0.15, -0.1) is 0 Å². The Morgan fingerprint density at radius 1 is 1.64 bits per heavy atom. The van der Waals surface area contributed by atoms with E-state index in [1.807, 2.05) is 6.92 Å². The Hall–Kier alpha value is -0.610. The third-order valence-corrected chi connectivity index (χ3v) is 2.81. The van der Waals surface area contributed by atoms with Crippen molar-refractivity contribution >= 4 is 5.91 Å². The van der Waals surface area contributed by atoms with Gasteiger partial charge in [-0.05, 0) is 25.7 Å². The van der Waals surface area contributed by atoms with E-state index in [0.29, 0.717) is 13.0 Å². The number of carbonyl (C=O) groups is 1. The van der Waals surface area contributed by atoms with E-state index in [1.54, 1.807) is 0 Å². The zero-order valence-corrected chi connectivity index (χ0v) is 8.75. The van der Waals surface area contributed by atoms with Crippen LogP contribution in [0, 0.1) is 0 Å². The van der Waals surface area contributed by atoms with Crippen molar-refractivity contribution in [3.05, 3.63) is 0 Å². The summed E-state index contributed by atoms with van der Waals surface area (Å²) in [6, 6.07) is -0.427. The second kappa shape index (κ2) is 4.75. The Balaban J connectivity index is 2.20. The van der Waals surface area contributed by atoms with E-state index in [0.717, 1.165) is 25.7 Å². The molecule has 0 aromatic rings. The Labute approximate surface area is 84.9 Å². The van der Waals surface area contributed by atoms with Crippen LogP contribution in [0.5, 0.6) is 0 Å². The van der Waals surface area contributed by atoms with Crippen molar-refractivity contribution in [3.8, 4) is 0 Å². The largest absolute Gasteiger partial charge is 0.388 e. The van der Waals surface area contributed by atoms with Crippen LogP contribution >= 0.6 is 0 Å². The monoisotopic (exact) mass is 200 g/mol. The highest BCUT2D eigenvalue weighted by atomic mass is 16.3. The van der Waals surface area contributed by atoms with Crippen LogP contribution in [0.3, 0.4) is 0 Å². The highest BCUT2D eigenvalue weighted by Crippen LogP contribution is 2.30. The van der Waals surface area contributed by atoms with Gasteiger partial charge in [0.25, 0.3) is 0 Å². The summed E-state index contributed by atoms with van der Waals surface area (Å²) in [5.74, 6) is -0.146. The third kappa shape index (κ3) is 2.96. The molecule has 1 unspecified atom stereocenters. The van der Waals surface area contributed by atoms with Gasteiger partial charge in [-0.3, -0.25) is 4.79 Å². The zero-order chi connectivity index (χ0) is 10.6. The van der Waals surface area contributed by atoms with Gasteiger partial charge in [0.2, 0.25) is 5.91 Å². The van der Waals surface area contributed by atoms with Crippen LogP contribution < -0.4 is 11.1 Å². The van der Waals surface area contributed by atoms with Crippen LogP contribution in [0.25, 0.3) is 0 Å². The summed E-state index contributed by atoms with van der Waals surface area (Å²) in [4.78, 5) is 11.4. The Morgan fingerprint density at radius 2 is 2.29 bits per heavy atom. The van der Waals surface area contributed by atoms with Gasteiger partial charge >= 0.3 is 0 Å². The SMILES string of the molecule is CCCC(N)C(=O)NCC1(O)CCC1. The van der Waals surface area contributed by atoms with E-state index in [4.69, 9.17) is 5.73 Å². The Bertz CT molecular complexity index is 202. The lowest BCUT2D eigenvalue weighted by Gasteiger charge is -2.36. The van der Waals surface area contributed by atoms with E-state index < -0.39 is 11.6 Å². The molecule has 0 heterocycles. The molecule has 0 spiro atoms. The van der Waals surface area contributed by atoms with E-state index in [1.165, 1.54) is 0 Å². The van der Waals surface area contributed by atoms with Crippen LogP contribution in [0.2, 0.25) is 0 Å². The number of hydrogen-bond acceptors (Lipinski definition) is 3. The molecule has 0 aromatic carbocycles. The molecule has 1 atom stereocenters. The fourth-order valence-corrected chi connectivity index (χ4v) is 1.59. The molecule has 1 aliphatic carbocycles. The summed E-state index contributed by atoms with van der Waals surface area (Å²) >= 11 is 0. The van der Waals surface area contributed by atoms with Crippen molar-refractivity contribution in [2.24, 2.45) is 5.73 Å². The number of nitrogens with two attached hydrogens (primary N) is 1. The molecular formula is C10H20N2O2. The molecule has 0 bridgehead atoms. The number of nitrogens with one attached hydrogen (secondary N) is 1.